The minimum atomic E-state index is -0.0577. The number of fused-ring (bicyclic) bond motifs is 1. The summed E-state index contributed by atoms with van der Waals surface area (Å²) < 4.78 is 1.83. The lowest BCUT2D eigenvalue weighted by atomic mass is 10.1. The SMILES string of the molecule is O=C1NCC(NCCCc2ccccc2)n2nc(-c3cccs3)cc21. The predicted molar refractivity (Wildman–Crippen MR) is 99.7 cm³/mol. The lowest BCUT2D eigenvalue weighted by Gasteiger charge is -2.25. The smallest absolute Gasteiger partial charge is 0.269 e. The summed E-state index contributed by atoms with van der Waals surface area (Å²) in [6.45, 7) is 1.44. The molecule has 4 rings (SSSR count). The molecule has 1 atom stereocenters. The third-order valence-electron chi connectivity index (χ3n) is 4.36. The van der Waals surface area contributed by atoms with Gasteiger partial charge in [-0.1, -0.05) is 36.4 Å². The number of aryl methyl sites for hydroxylation is 1. The zero-order valence-electron chi connectivity index (χ0n) is 13.8. The molecule has 3 heterocycles. The van der Waals surface area contributed by atoms with Gasteiger partial charge >= 0.3 is 0 Å². The monoisotopic (exact) mass is 352 g/mol. The van der Waals surface area contributed by atoms with Crippen LogP contribution in [0.25, 0.3) is 10.6 Å². The lowest BCUT2D eigenvalue weighted by molar-refractivity contribution is 0.0900. The Morgan fingerprint density at radius 3 is 2.92 bits per heavy atom. The summed E-state index contributed by atoms with van der Waals surface area (Å²) in [5.41, 5.74) is 2.83. The lowest BCUT2D eigenvalue weighted by Crippen LogP contribution is -2.45. The van der Waals surface area contributed by atoms with E-state index in [1.165, 1.54) is 5.56 Å². The molecule has 2 aromatic heterocycles. The molecule has 0 saturated heterocycles. The van der Waals surface area contributed by atoms with Crippen molar-refractivity contribution in [3.05, 3.63) is 65.2 Å². The van der Waals surface area contributed by atoms with Gasteiger partial charge in [-0.3, -0.25) is 10.1 Å². The molecule has 0 fully saturated rings. The van der Waals surface area contributed by atoms with Crippen molar-refractivity contribution in [2.24, 2.45) is 0 Å². The van der Waals surface area contributed by atoms with Gasteiger partial charge in [0.05, 0.1) is 11.4 Å². The number of nitrogens with zero attached hydrogens (tertiary/aromatic N) is 2. The second-order valence-corrected chi connectivity index (χ2v) is 7.05. The summed E-state index contributed by atoms with van der Waals surface area (Å²) in [4.78, 5) is 13.2. The first-order valence-corrected chi connectivity index (χ1v) is 9.38. The van der Waals surface area contributed by atoms with E-state index in [2.05, 4.69) is 40.0 Å². The summed E-state index contributed by atoms with van der Waals surface area (Å²) >= 11 is 1.63. The number of carbonyl (C=O) groups is 1. The van der Waals surface area contributed by atoms with E-state index in [0.717, 1.165) is 30.0 Å². The first-order chi connectivity index (χ1) is 12.3. The van der Waals surface area contributed by atoms with Crippen molar-refractivity contribution >= 4 is 17.2 Å². The van der Waals surface area contributed by atoms with Crippen molar-refractivity contribution in [3.8, 4) is 10.6 Å². The second kappa shape index (κ2) is 7.21. The fourth-order valence-corrected chi connectivity index (χ4v) is 3.76. The Labute approximate surface area is 150 Å². The molecule has 2 N–H and O–H groups in total. The van der Waals surface area contributed by atoms with Gasteiger partial charge in [0.2, 0.25) is 0 Å². The van der Waals surface area contributed by atoms with Crippen LogP contribution in [0.3, 0.4) is 0 Å². The number of nitrogens with one attached hydrogen (secondary N) is 2. The molecule has 0 bridgehead atoms. The van der Waals surface area contributed by atoms with Crippen LogP contribution in [0.5, 0.6) is 0 Å². The number of benzene rings is 1. The molecule has 1 unspecified atom stereocenters. The Morgan fingerprint density at radius 1 is 1.24 bits per heavy atom. The van der Waals surface area contributed by atoms with Crippen LogP contribution in [0.15, 0.2) is 53.9 Å². The predicted octanol–water partition coefficient (Wildman–Crippen LogP) is 3.08. The van der Waals surface area contributed by atoms with Crippen LogP contribution in [0.1, 0.15) is 28.6 Å². The second-order valence-electron chi connectivity index (χ2n) is 6.11. The van der Waals surface area contributed by atoms with Crippen LogP contribution in [0.2, 0.25) is 0 Å². The van der Waals surface area contributed by atoms with E-state index in [1.807, 2.05) is 34.3 Å². The number of hydrogen-bond acceptors (Lipinski definition) is 4. The van der Waals surface area contributed by atoms with Crippen molar-refractivity contribution < 1.29 is 4.79 Å². The average Bonchev–Trinajstić information content (AvgIpc) is 3.31. The molecule has 0 aliphatic carbocycles. The molecular weight excluding hydrogens is 332 g/mol. The van der Waals surface area contributed by atoms with E-state index in [0.29, 0.717) is 12.2 Å². The van der Waals surface area contributed by atoms with Gasteiger partial charge in [0, 0.05) is 0 Å². The van der Waals surface area contributed by atoms with E-state index < -0.39 is 0 Å². The van der Waals surface area contributed by atoms with E-state index in [9.17, 15) is 4.79 Å². The number of rotatable bonds is 6. The molecule has 1 aromatic carbocycles. The minimum absolute atomic E-state index is 0.00261. The maximum absolute atomic E-state index is 12.1. The van der Waals surface area contributed by atoms with Gasteiger partial charge in [0.25, 0.3) is 5.91 Å². The highest BCUT2D eigenvalue weighted by atomic mass is 32.1. The van der Waals surface area contributed by atoms with Gasteiger partial charge in [0.1, 0.15) is 17.6 Å². The fraction of sp³-hybridized carbons (Fsp3) is 0.263. The van der Waals surface area contributed by atoms with Crippen molar-refractivity contribution in [3.63, 3.8) is 0 Å². The number of hydrogen-bond donors (Lipinski definition) is 2. The molecule has 1 aliphatic rings. The highest BCUT2D eigenvalue weighted by molar-refractivity contribution is 7.13. The Kier molecular flexibility index (Phi) is 4.63. The van der Waals surface area contributed by atoms with Gasteiger partial charge in [-0.05, 0) is 42.5 Å². The third kappa shape index (κ3) is 3.50. The molecule has 25 heavy (non-hydrogen) atoms. The normalized spacial score (nSPS) is 16.5. The van der Waals surface area contributed by atoms with Gasteiger partial charge in [-0.2, -0.15) is 5.10 Å². The Balaban J connectivity index is 1.42. The van der Waals surface area contributed by atoms with Gasteiger partial charge in [0.15, 0.2) is 0 Å². The van der Waals surface area contributed by atoms with Crippen LogP contribution in [0.4, 0.5) is 0 Å². The Hall–Kier alpha value is -2.44. The van der Waals surface area contributed by atoms with Crippen molar-refractivity contribution in [1.82, 2.24) is 20.4 Å². The maximum Gasteiger partial charge on any atom is 0.269 e. The van der Waals surface area contributed by atoms with Gasteiger partial charge in [-0.15, -0.1) is 11.3 Å². The molecule has 1 aliphatic heterocycles. The number of aromatic nitrogens is 2. The van der Waals surface area contributed by atoms with Crippen molar-refractivity contribution in [2.45, 2.75) is 19.0 Å². The summed E-state index contributed by atoms with van der Waals surface area (Å²) in [5.74, 6) is -0.0577. The number of amides is 1. The minimum Gasteiger partial charge on any atom is -0.347 e. The van der Waals surface area contributed by atoms with Crippen LogP contribution in [-0.2, 0) is 6.42 Å². The maximum atomic E-state index is 12.1. The Morgan fingerprint density at radius 2 is 2.12 bits per heavy atom. The topological polar surface area (TPSA) is 59.0 Å². The van der Waals surface area contributed by atoms with Gasteiger partial charge < -0.3 is 5.32 Å². The van der Waals surface area contributed by atoms with E-state index in [4.69, 9.17) is 0 Å². The zero-order chi connectivity index (χ0) is 17.1. The quantitative estimate of drug-likeness (QED) is 0.670. The van der Waals surface area contributed by atoms with Crippen LogP contribution in [-0.4, -0.2) is 28.8 Å². The largest absolute Gasteiger partial charge is 0.347 e. The van der Waals surface area contributed by atoms with E-state index >= 15 is 0 Å². The van der Waals surface area contributed by atoms with Crippen LogP contribution < -0.4 is 10.6 Å². The molecule has 3 aromatic rings. The standard InChI is InChI=1S/C19H20N4OS/c24-19-16-12-15(17-9-5-11-25-17)22-23(16)18(13-21-19)20-10-4-8-14-6-2-1-3-7-14/h1-3,5-7,9,11-12,18,20H,4,8,10,13H2,(H,21,24). The first kappa shape index (κ1) is 16.1. The Bertz CT molecular complexity index is 842. The van der Waals surface area contributed by atoms with Gasteiger partial charge in [-0.25, -0.2) is 4.68 Å². The summed E-state index contributed by atoms with van der Waals surface area (Å²) in [6.07, 6.45) is 2.08. The molecule has 5 nitrogen and oxygen atoms in total. The molecule has 128 valence electrons. The number of thiophene rings is 1. The third-order valence-corrected chi connectivity index (χ3v) is 5.25. The summed E-state index contributed by atoms with van der Waals surface area (Å²) in [5, 5.41) is 13.1. The number of carbonyl (C=O) groups excluding carboxylic acids is 1. The average molecular weight is 352 g/mol. The van der Waals surface area contributed by atoms with Crippen molar-refractivity contribution in [2.75, 3.05) is 13.1 Å². The first-order valence-electron chi connectivity index (χ1n) is 8.50. The van der Waals surface area contributed by atoms with Crippen LogP contribution in [0, 0.1) is 0 Å². The molecule has 1 amide bonds. The fourth-order valence-electron chi connectivity index (χ4n) is 3.08. The summed E-state index contributed by atoms with van der Waals surface area (Å²) in [7, 11) is 0. The van der Waals surface area contributed by atoms with Crippen LogP contribution >= 0.6 is 11.3 Å². The molecule has 0 radical (unpaired) electrons. The molecule has 6 heteroatoms. The molecular formula is C19H20N4OS. The molecule has 0 saturated carbocycles. The molecule has 0 spiro atoms. The van der Waals surface area contributed by atoms with Crippen molar-refractivity contribution in [1.29, 1.82) is 0 Å². The zero-order valence-corrected chi connectivity index (χ0v) is 14.6. The summed E-state index contributed by atoms with van der Waals surface area (Å²) in [6, 6.07) is 16.4. The highest BCUT2D eigenvalue weighted by Crippen LogP contribution is 2.26. The van der Waals surface area contributed by atoms with E-state index in [1.54, 1.807) is 11.3 Å². The van der Waals surface area contributed by atoms with E-state index in [-0.39, 0.29) is 12.1 Å². The highest BCUT2D eigenvalue weighted by Gasteiger charge is 2.27.